The normalized spacial score (nSPS) is 19.2. The van der Waals surface area contributed by atoms with Crippen LogP contribution >= 0.6 is 24.0 Å². The number of likely N-dealkylation sites (tertiary alicyclic amines) is 1. The van der Waals surface area contributed by atoms with E-state index in [0.717, 1.165) is 55.7 Å². The molecule has 0 radical (unpaired) electrons. The van der Waals surface area contributed by atoms with Crippen molar-refractivity contribution < 1.29 is 9.47 Å². The van der Waals surface area contributed by atoms with Gasteiger partial charge in [-0.1, -0.05) is 26.8 Å². The van der Waals surface area contributed by atoms with Crippen molar-refractivity contribution in [2.75, 3.05) is 53.5 Å². The molecule has 2 rings (SSSR count). The first kappa shape index (κ1) is 28.8. The summed E-state index contributed by atoms with van der Waals surface area (Å²) < 4.78 is 11.5. The van der Waals surface area contributed by atoms with Gasteiger partial charge in [0.25, 0.3) is 0 Å². The molecule has 2 unspecified atom stereocenters. The fraction of sp³-hybridized carbons (Fsp3) is 0.708. The zero-order valence-corrected chi connectivity index (χ0v) is 23.3. The SMILES string of the molecule is CCN(CC)CCOc1ccc(CNC(=NC)NC2CN(C(C)C)CC2C)cc1OC.I. The minimum absolute atomic E-state index is 0. The molecule has 32 heavy (non-hydrogen) atoms. The number of likely N-dealkylation sites (N-methyl/N-ethyl adjacent to an activating group) is 1. The minimum Gasteiger partial charge on any atom is -0.493 e. The lowest BCUT2D eigenvalue weighted by atomic mass is 10.1. The summed E-state index contributed by atoms with van der Waals surface area (Å²) in [4.78, 5) is 9.28. The average molecular weight is 562 g/mol. The predicted octanol–water partition coefficient (Wildman–Crippen LogP) is 3.43. The molecular weight excluding hydrogens is 517 g/mol. The van der Waals surface area contributed by atoms with E-state index in [2.05, 4.69) is 66.1 Å². The van der Waals surface area contributed by atoms with Gasteiger partial charge in [-0.05, 0) is 50.6 Å². The van der Waals surface area contributed by atoms with Gasteiger partial charge in [0, 0.05) is 45.3 Å². The van der Waals surface area contributed by atoms with Crippen molar-refractivity contribution in [3.05, 3.63) is 23.8 Å². The number of methoxy groups -OCH3 is 1. The Kier molecular flexibility index (Phi) is 13.3. The first-order valence-electron chi connectivity index (χ1n) is 11.6. The van der Waals surface area contributed by atoms with Gasteiger partial charge >= 0.3 is 0 Å². The Morgan fingerprint density at radius 1 is 1.22 bits per heavy atom. The van der Waals surface area contributed by atoms with Crippen molar-refractivity contribution in [1.29, 1.82) is 0 Å². The van der Waals surface area contributed by atoms with Gasteiger partial charge in [0.15, 0.2) is 17.5 Å². The number of hydrogen-bond acceptors (Lipinski definition) is 5. The van der Waals surface area contributed by atoms with E-state index >= 15 is 0 Å². The summed E-state index contributed by atoms with van der Waals surface area (Å²) in [6.07, 6.45) is 0. The second-order valence-electron chi connectivity index (χ2n) is 8.56. The third kappa shape index (κ3) is 8.59. The molecular formula is C24H44IN5O2. The van der Waals surface area contributed by atoms with Gasteiger partial charge in [-0.3, -0.25) is 9.89 Å². The number of rotatable bonds is 11. The molecule has 1 aromatic carbocycles. The zero-order valence-electron chi connectivity index (χ0n) is 21.0. The first-order chi connectivity index (χ1) is 14.9. The second-order valence-corrected chi connectivity index (χ2v) is 8.56. The smallest absolute Gasteiger partial charge is 0.191 e. The maximum absolute atomic E-state index is 5.97. The van der Waals surface area contributed by atoms with Gasteiger partial charge in [0.05, 0.1) is 7.11 Å². The Hall–Kier alpha value is -1.26. The quantitative estimate of drug-likeness (QED) is 0.245. The van der Waals surface area contributed by atoms with E-state index in [1.807, 2.05) is 19.2 Å². The lowest BCUT2D eigenvalue weighted by Crippen LogP contribution is -2.46. The number of halogens is 1. The third-order valence-corrected chi connectivity index (χ3v) is 6.16. The Bertz CT molecular complexity index is 697. The molecule has 1 heterocycles. The number of nitrogens with one attached hydrogen (secondary N) is 2. The van der Waals surface area contributed by atoms with Crippen LogP contribution in [0.1, 0.15) is 40.2 Å². The maximum Gasteiger partial charge on any atom is 0.191 e. The Balaban J connectivity index is 0.00000512. The molecule has 0 bridgehead atoms. The summed E-state index contributed by atoms with van der Waals surface area (Å²) in [6, 6.07) is 7.09. The van der Waals surface area contributed by atoms with E-state index in [4.69, 9.17) is 9.47 Å². The summed E-state index contributed by atoms with van der Waals surface area (Å²) >= 11 is 0. The van der Waals surface area contributed by atoms with Crippen LogP contribution in [0.5, 0.6) is 11.5 Å². The number of ether oxygens (including phenoxy) is 2. The number of hydrogen-bond donors (Lipinski definition) is 2. The molecule has 0 aromatic heterocycles. The highest BCUT2D eigenvalue weighted by molar-refractivity contribution is 14.0. The van der Waals surface area contributed by atoms with Crippen LogP contribution in [0.2, 0.25) is 0 Å². The molecule has 184 valence electrons. The molecule has 1 fully saturated rings. The maximum atomic E-state index is 5.97. The van der Waals surface area contributed by atoms with Crippen molar-refractivity contribution in [1.82, 2.24) is 20.4 Å². The summed E-state index contributed by atoms with van der Waals surface area (Å²) in [6.45, 7) is 17.6. The fourth-order valence-corrected chi connectivity index (χ4v) is 3.94. The van der Waals surface area contributed by atoms with Crippen LogP contribution in [0.4, 0.5) is 0 Å². The van der Waals surface area contributed by atoms with Gasteiger partial charge < -0.3 is 25.0 Å². The van der Waals surface area contributed by atoms with Gasteiger partial charge in [-0.25, -0.2) is 0 Å². The van der Waals surface area contributed by atoms with Gasteiger partial charge in [0.1, 0.15) is 6.61 Å². The molecule has 0 aliphatic carbocycles. The number of aliphatic imine (C=N–C) groups is 1. The Morgan fingerprint density at radius 3 is 2.50 bits per heavy atom. The summed E-state index contributed by atoms with van der Waals surface area (Å²) in [5, 5.41) is 7.04. The molecule has 8 heteroatoms. The molecule has 1 aliphatic heterocycles. The first-order valence-corrected chi connectivity index (χ1v) is 11.6. The van der Waals surface area contributed by atoms with E-state index in [1.54, 1.807) is 7.11 Å². The molecule has 2 N–H and O–H groups in total. The van der Waals surface area contributed by atoms with Crippen LogP contribution in [0.3, 0.4) is 0 Å². The number of benzene rings is 1. The van der Waals surface area contributed by atoms with E-state index in [9.17, 15) is 0 Å². The van der Waals surface area contributed by atoms with Crippen molar-refractivity contribution in [2.24, 2.45) is 10.9 Å². The lowest BCUT2D eigenvalue weighted by Gasteiger charge is -2.22. The minimum atomic E-state index is 0. The van der Waals surface area contributed by atoms with E-state index < -0.39 is 0 Å². The largest absolute Gasteiger partial charge is 0.493 e. The molecule has 0 saturated carbocycles. The molecule has 1 saturated heterocycles. The monoisotopic (exact) mass is 561 g/mol. The van der Waals surface area contributed by atoms with Gasteiger partial charge in [0.2, 0.25) is 0 Å². The topological polar surface area (TPSA) is 61.4 Å². The highest BCUT2D eigenvalue weighted by Gasteiger charge is 2.31. The molecule has 0 amide bonds. The Labute approximate surface area is 212 Å². The third-order valence-electron chi connectivity index (χ3n) is 6.16. The van der Waals surface area contributed by atoms with Crippen LogP contribution in [0, 0.1) is 5.92 Å². The predicted molar refractivity (Wildman–Crippen MR) is 145 cm³/mol. The fourth-order valence-electron chi connectivity index (χ4n) is 3.94. The van der Waals surface area contributed by atoms with Crippen molar-refractivity contribution in [3.8, 4) is 11.5 Å². The standard InChI is InChI=1S/C24H43N5O2.HI/c1-8-28(9-2)12-13-31-22-11-10-20(14-23(22)30-7)15-26-24(25-6)27-21-17-29(18(3)4)16-19(21)5;/h10-11,14,18-19,21H,8-9,12-13,15-17H2,1-7H3,(H2,25,26,27);1H. The number of guanidine groups is 1. The van der Waals surface area contributed by atoms with Crippen molar-refractivity contribution >= 4 is 29.9 Å². The van der Waals surface area contributed by atoms with E-state index in [-0.39, 0.29) is 24.0 Å². The van der Waals surface area contributed by atoms with Crippen LogP contribution in [0.25, 0.3) is 0 Å². The summed E-state index contributed by atoms with van der Waals surface area (Å²) in [5.41, 5.74) is 1.12. The Morgan fingerprint density at radius 2 is 1.94 bits per heavy atom. The van der Waals surface area contributed by atoms with E-state index in [0.29, 0.717) is 31.2 Å². The van der Waals surface area contributed by atoms with E-state index in [1.165, 1.54) is 0 Å². The highest BCUT2D eigenvalue weighted by Crippen LogP contribution is 2.28. The average Bonchev–Trinajstić information content (AvgIpc) is 3.15. The molecule has 2 atom stereocenters. The summed E-state index contributed by atoms with van der Waals surface area (Å²) in [7, 11) is 3.51. The van der Waals surface area contributed by atoms with Crippen molar-refractivity contribution in [3.63, 3.8) is 0 Å². The number of nitrogens with zero attached hydrogens (tertiary/aromatic N) is 3. The van der Waals surface area contributed by atoms with Crippen LogP contribution in [0.15, 0.2) is 23.2 Å². The molecule has 7 nitrogen and oxygen atoms in total. The molecule has 1 aromatic rings. The van der Waals surface area contributed by atoms with Gasteiger partial charge in [-0.2, -0.15) is 0 Å². The van der Waals surface area contributed by atoms with Gasteiger partial charge in [-0.15, -0.1) is 24.0 Å². The lowest BCUT2D eigenvalue weighted by molar-refractivity contribution is 0.217. The second kappa shape index (κ2) is 14.8. The zero-order chi connectivity index (χ0) is 22.8. The summed E-state index contributed by atoms with van der Waals surface area (Å²) in [5.74, 6) is 2.98. The van der Waals surface area contributed by atoms with Crippen molar-refractivity contribution in [2.45, 2.75) is 53.2 Å². The highest BCUT2D eigenvalue weighted by atomic mass is 127. The van der Waals surface area contributed by atoms with Crippen LogP contribution in [-0.2, 0) is 6.54 Å². The molecule has 1 aliphatic rings. The van der Waals surface area contributed by atoms with Crippen LogP contribution < -0.4 is 20.1 Å². The molecule has 0 spiro atoms. The van der Waals surface area contributed by atoms with Crippen LogP contribution in [-0.4, -0.2) is 81.3 Å².